The number of aliphatic carboxylic acids is 1. The number of hydrogen-bond acceptors (Lipinski definition) is 5. The molecule has 0 aromatic heterocycles. The fourth-order valence-electron chi connectivity index (χ4n) is 3.55. The first kappa shape index (κ1) is 23.8. The van der Waals surface area contributed by atoms with Crippen molar-refractivity contribution in [1.82, 2.24) is 20.4 Å². The van der Waals surface area contributed by atoms with E-state index in [-0.39, 0.29) is 24.3 Å². The summed E-state index contributed by atoms with van der Waals surface area (Å²) in [5.41, 5.74) is 1.20. The first-order chi connectivity index (χ1) is 14.2. The molecule has 1 aliphatic heterocycles. The van der Waals surface area contributed by atoms with Crippen molar-refractivity contribution in [2.45, 2.75) is 45.3 Å². The average molecular weight is 419 g/mol. The molecule has 1 fully saturated rings. The Bertz CT molecular complexity index is 725. The quantitative estimate of drug-likeness (QED) is 0.542. The Hall–Kier alpha value is -2.45. The second-order valence-corrected chi connectivity index (χ2v) is 8.16. The van der Waals surface area contributed by atoms with Crippen molar-refractivity contribution in [1.29, 1.82) is 0 Å². The van der Waals surface area contributed by atoms with Crippen LogP contribution in [0.5, 0.6) is 0 Å². The largest absolute Gasteiger partial charge is 0.480 e. The molecule has 166 valence electrons. The first-order valence-corrected chi connectivity index (χ1v) is 10.5. The van der Waals surface area contributed by atoms with Gasteiger partial charge in [-0.15, -0.1) is 0 Å². The van der Waals surface area contributed by atoms with Gasteiger partial charge in [-0.2, -0.15) is 0 Å². The summed E-state index contributed by atoms with van der Waals surface area (Å²) in [4.78, 5) is 40.9. The maximum absolute atomic E-state index is 13.2. The summed E-state index contributed by atoms with van der Waals surface area (Å²) in [5, 5.41) is 15.4. The molecule has 1 aliphatic rings. The van der Waals surface area contributed by atoms with Gasteiger partial charge in [0.25, 0.3) is 0 Å². The van der Waals surface area contributed by atoms with Crippen LogP contribution in [0.2, 0.25) is 0 Å². The third-order valence-electron chi connectivity index (χ3n) is 5.65. The van der Waals surface area contributed by atoms with Gasteiger partial charge < -0.3 is 20.6 Å². The zero-order valence-electron chi connectivity index (χ0n) is 18.3. The van der Waals surface area contributed by atoms with Crippen LogP contribution in [-0.2, 0) is 20.8 Å². The summed E-state index contributed by atoms with van der Waals surface area (Å²) in [6.45, 7) is 7.35. The predicted octanol–water partition coefficient (Wildman–Crippen LogP) is 0.575. The molecule has 0 bridgehead atoms. The minimum Gasteiger partial charge on any atom is -0.480 e. The van der Waals surface area contributed by atoms with Crippen molar-refractivity contribution >= 4 is 17.8 Å². The molecule has 1 aromatic rings. The van der Waals surface area contributed by atoms with E-state index in [1.54, 1.807) is 14.0 Å². The first-order valence-electron chi connectivity index (χ1n) is 10.5. The maximum atomic E-state index is 13.2. The van der Waals surface area contributed by atoms with Crippen LogP contribution in [0.25, 0.3) is 0 Å². The summed E-state index contributed by atoms with van der Waals surface area (Å²) < 4.78 is 0. The Morgan fingerprint density at radius 2 is 1.80 bits per heavy atom. The van der Waals surface area contributed by atoms with Gasteiger partial charge in [0, 0.05) is 26.2 Å². The van der Waals surface area contributed by atoms with Gasteiger partial charge in [0.15, 0.2) is 0 Å². The number of likely N-dealkylation sites (N-methyl/N-ethyl adjacent to an activating group) is 1. The molecule has 1 aromatic carbocycles. The van der Waals surface area contributed by atoms with Gasteiger partial charge in [-0.25, -0.2) is 4.79 Å². The second-order valence-electron chi connectivity index (χ2n) is 8.16. The van der Waals surface area contributed by atoms with E-state index in [0.717, 1.165) is 13.0 Å². The van der Waals surface area contributed by atoms with E-state index >= 15 is 0 Å². The van der Waals surface area contributed by atoms with Crippen molar-refractivity contribution in [3.8, 4) is 0 Å². The molecule has 0 spiro atoms. The number of carboxylic acid groups (broad SMARTS) is 1. The summed E-state index contributed by atoms with van der Waals surface area (Å²) in [5.74, 6) is -1.80. The Morgan fingerprint density at radius 1 is 1.13 bits per heavy atom. The van der Waals surface area contributed by atoms with Gasteiger partial charge in [0.1, 0.15) is 12.1 Å². The topological polar surface area (TPSA) is 102 Å². The highest BCUT2D eigenvalue weighted by atomic mass is 16.4. The number of carbonyl (C=O) groups excluding carboxylic acids is 2. The molecule has 0 radical (unpaired) electrons. The molecular weight excluding hydrogens is 384 g/mol. The van der Waals surface area contributed by atoms with Crippen LogP contribution in [-0.4, -0.2) is 84.0 Å². The van der Waals surface area contributed by atoms with Crippen LogP contribution in [0, 0.1) is 5.92 Å². The number of nitrogens with one attached hydrogen (secondary N) is 2. The highest BCUT2D eigenvalue weighted by molar-refractivity contribution is 5.92. The van der Waals surface area contributed by atoms with Crippen molar-refractivity contribution in [3.63, 3.8) is 0 Å². The molecule has 1 saturated heterocycles. The molecule has 1 heterocycles. The molecule has 0 saturated carbocycles. The summed E-state index contributed by atoms with van der Waals surface area (Å²) in [6, 6.07) is 7.92. The Labute approximate surface area is 178 Å². The number of hydrogen-bond donors (Lipinski definition) is 3. The third kappa shape index (κ3) is 6.27. The fraction of sp³-hybridized carbons (Fsp3) is 0.591. The van der Waals surface area contributed by atoms with E-state index in [1.165, 1.54) is 10.5 Å². The monoisotopic (exact) mass is 418 g/mol. The molecule has 3 unspecified atom stereocenters. The van der Waals surface area contributed by atoms with Crippen LogP contribution in [0.15, 0.2) is 30.3 Å². The lowest BCUT2D eigenvalue weighted by molar-refractivity contribution is -0.155. The zero-order valence-corrected chi connectivity index (χ0v) is 18.3. The van der Waals surface area contributed by atoms with Crippen LogP contribution in [0.1, 0.15) is 26.3 Å². The van der Waals surface area contributed by atoms with Crippen molar-refractivity contribution in [3.05, 3.63) is 35.9 Å². The maximum Gasteiger partial charge on any atom is 0.327 e. The van der Waals surface area contributed by atoms with E-state index in [2.05, 4.69) is 27.7 Å². The third-order valence-corrected chi connectivity index (χ3v) is 5.65. The van der Waals surface area contributed by atoms with E-state index in [9.17, 15) is 19.5 Å². The van der Waals surface area contributed by atoms with Crippen LogP contribution in [0.3, 0.4) is 0 Å². The lowest BCUT2D eigenvalue weighted by atomic mass is 10.00. The van der Waals surface area contributed by atoms with Crippen LogP contribution in [0.4, 0.5) is 0 Å². The fourth-order valence-corrected chi connectivity index (χ4v) is 3.55. The number of amides is 2. The molecule has 3 atom stereocenters. The molecule has 8 nitrogen and oxygen atoms in total. The second kappa shape index (κ2) is 11.1. The molecule has 3 N–H and O–H groups in total. The summed E-state index contributed by atoms with van der Waals surface area (Å²) >= 11 is 0. The lowest BCUT2D eigenvalue weighted by Crippen LogP contribution is -2.63. The minimum absolute atomic E-state index is 0.156. The minimum atomic E-state index is -1.02. The Balaban J connectivity index is 2.05. The van der Waals surface area contributed by atoms with Crippen molar-refractivity contribution in [2.24, 2.45) is 5.92 Å². The van der Waals surface area contributed by atoms with E-state index in [4.69, 9.17) is 0 Å². The molecular formula is C22H34N4O4. The lowest BCUT2D eigenvalue weighted by Gasteiger charge is -2.41. The highest BCUT2D eigenvalue weighted by Crippen LogP contribution is 2.16. The standard InChI is InChI=1S/C22H34N4O4/c1-15(2)19(24-20(27)16(3)23-4)21(28)26-13-12-25(14-18(26)22(29)30)11-10-17-8-6-5-7-9-17/h5-9,15-16,18-19,23H,10-14H2,1-4H3,(H,24,27)(H,29,30). The van der Waals surface area contributed by atoms with Gasteiger partial charge in [-0.05, 0) is 31.9 Å². The number of piperazine rings is 1. The van der Waals surface area contributed by atoms with Gasteiger partial charge in [0.2, 0.25) is 11.8 Å². The molecule has 0 aliphatic carbocycles. The van der Waals surface area contributed by atoms with Gasteiger partial charge >= 0.3 is 5.97 Å². The van der Waals surface area contributed by atoms with Crippen molar-refractivity contribution in [2.75, 3.05) is 33.2 Å². The molecule has 2 rings (SSSR count). The van der Waals surface area contributed by atoms with Gasteiger partial charge in [-0.3, -0.25) is 14.5 Å². The number of carboxylic acids is 1. The summed E-state index contributed by atoms with van der Waals surface area (Å²) in [6.07, 6.45) is 0.827. The van der Waals surface area contributed by atoms with E-state index < -0.39 is 24.1 Å². The highest BCUT2D eigenvalue weighted by Gasteiger charge is 2.39. The number of benzene rings is 1. The molecule has 2 amide bonds. The smallest absolute Gasteiger partial charge is 0.327 e. The Kier molecular flexibility index (Phi) is 8.80. The SMILES string of the molecule is CNC(C)C(=O)NC(C(=O)N1CCN(CCc2ccccc2)CC1C(=O)O)C(C)C. The average Bonchev–Trinajstić information content (AvgIpc) is 2.75. The number of rotatable bonds is 9. The van der Waals surface area contributed by atoms with Crippen molar-refractivity contribution < 1.29 is 19.5 Å². The predicted molar refractivity (Wildman–Crippen MR) is 115 cm³/mol. The van der Waals surface area contributed by atoms with Crippen LogP contribution >= 0.6 is 0 Å². The van der Waals surface area contributed by atoms with Crippen LogP contribution < -0.4 is 10.6 Å². The summed E-state index contributed by atoms with van der Waals surface area (Å²) in [7, 11) is 1.67. The number of carbonyl (C=O) groups is 3. The van der Waals surface area contributed by atoms with Gasteiger partial charge in [-0.1, -0.05) is 44.2 Å². The molecule has 30 heavy (non-hydrogen) atoms. The zero-order chi connectivity index (χ0) is 22.3. The normalized spacial score (nSPS) is 19.4. The number of nitrogens with zero attached hydrogens (tertiary/aromatic N) is 2. The molecule has 8 heteroatoms. The van der Waals surface area contributed by atoms with E-state index in [1.807, 2.05) is 32.0 Å². The van der Waals surface area contributed by atoms with Gasteiger partial charge in [0.05, 0.1) is 6.04 Å². The Morgan fingerprint density at radius 3 is 2.37 bits per heavy atom. The van der Waals surface area contributed by atoms with E-state index in [0.29, 0.717) is 13.1 Å².